The van der Waals surface area contributed by atoms with Crippen molar-refractivity contribution < 1.29 is 9.53 Å². The lowest BCUT2D eigenvalue weighted by Crippen LogP contribution is -2.31. The summed E-state index contributed by atoms with van der Waals surface area (Å²) < 4.78 is 5.12. The van der Waals surface area contributed by atoms with Crippen LogP contribution in [0.4, 0.5) is 5.69 Å². The monoisotopic (exact) mass is 389 g/mol. The van der Waals surface area contributed by atoms with Gasteiger partial charge in [-0.2, -0.15) is 0 Å². The number of hydrogen-bond donors (Lipinski definition) is 2. The summed E-state index contributed by atoms with van der Waals surface area (Å²) in [6.45, 7) is 5.93. The zero-order chi connectivity index (χ0) is 18.6. The van der Waals surface area contributed by atoms with Gasteiger partial charge in [-0.25, -0.2) is 0 Å². The second-order valence-corrected chi connectivity index (χ2v) is 7.36. The van der Waals surface area contributed by atoms with Crippen molar-refractivity contribution in [2.24, 2.45) is 11.1 Å². The Hall–Kier alpha value is -2.08. The Labute approximate surface area is 167 Å². The Bertz CT molecular complexity index is 766. The van der Waals surface area contributed by atoms with Crippen molar-refractivity contribution in [2.45, 2.75) is 19.9 Å². The number of hydrogen-bond acceptors (Lipinski definition) is 4. The second-order valence-electron chi connectivity index (χ2n) is 7.36. The zero-order valence-corrected chi connectivity index (χ0v) is 16.7. The molecule has 27 heavy (non-hydrogen) atoms. The number of anilines is 1. The quantitative estimate of drug-likeness (QED) is 0.792. The number of halogens is 1. The lowest BCUT2D eigenvalue weighted by atomic mass is 9.90. The fourth-order valence-corrected chi connectivity index (χ4v) is 3.38. The number of nitrogens with zero attached hydrogens (tertiary/aromatic N) is 1. The number of rotatable bonds is 6. The molecule has 3 N–H and O–H groups in total. The van der Waals surface area contributed by atoms with Crippen molar-refractivity contribution in [3.05, 3.63) is 59.7 Å². The maximum Gasteiger partial charge on any atom is 0.255 e. The Balaban J connectivity index is 0.00000261. The molecule has 1 unspecified atom stereocenters. The molecular formula is C21H28ClN3O2. The minimum absolute atomic E-state index is 0. The highest BCUT2D eigenvalue weighted by Gasteiger charge is 2.32. The molecule has 3 rings (SSSR count). The molecule has 0 saturated carbocycles. The fourth-order valence-electron chi connectivity index (χ4n) is 3.38. The molecule has 1 fully saturated rings. The number of carbonyl (C=O) groups is 1. The highest BCUT2D eigenvalue weighted by Crippen LogP contribution is 2.29. The predicted octanol–water partition coefficient (Wildman–Crippen LogP) is 3.54. The highest BCUT2D eigenvalue weighted by molar-refractivity contribution is 6.04. The highest BCUT2D eigenvalue weighted by atomic mass is 35.5. The molecule has 146 valence electrons. The summed E-state index contributed by atoms with van der Waals surface area (Å²) in [5.41, 5.74) is 8.73. The van der Waals surface area contributed by atoms with Crippen LogP contribution in [0.25, 0.3) is 0 Å². The van der Waals surface area contributed by atoms with Crippen LogP contribution in [0.15, 0.2) is 48.5 Å². The van der Waals surface area contributed by atoms with Gasteiger partial charge in [-0.05, 0) is 66.9 Å². The van der Waals surface area contributed by atoms with Crippen LogP contribution in [0.5, 0.6) is 5.75 Å². The van der Waals surface area contributed by atoms with E-state index in [0.29, 0.717) is 5.56 Å². The van der Waals surface area contributed by atoms with Gasteiger partial charge in [0.05, 0.1) is 7.11 Å². The van der Waals surface area contributed by atoms with E-state index < -0.39 is 0 Å². The molecule has 1 heterocycles. The summed E-state index contributed by atoms with van der Waals surface area (Å²) >= 11 is 0. The summed E-state index contributed by atoms with van der Waals surface area (Å²) in [6.07, 6.45) is 1.14. The van der Waals surface area contributed by atoms with Crippen molar-refractivity contribution in [1.29, 1.82) is 0 Å². The Morgan fingerprint density at radius 3 is 2.63 bits per heavy atom. The van der Waals surface area contributed by atoms with Gasteiger partial charge < -0.3 is 15.8 Å². The van der Waals surface area contributed by atoms with E-state index in [1.807, 2.05) is 18.2 Å². The van der Waals surface area contributed by atoms with E-state index in [-0.39, 0.29) is 23.7 Å². The molecule has 0 aliphatic carbocycles. The van der Waals surface area contributed by atoms with Crippen LogP contribution in [-0.2, 0) is 6.54 Å². The summed E-state index contributed by atoms with van der Waals surface area (Å²) in [5.74, 6) is 0.611. The number of nitrogens with two attached hydrogens (primary N) is 1. The third kappa shape index (κ3) is 5.45. The van der Waals surface area contributed by atoms with Crippen molar-refractivity contribution >= 4 is 24.0 Å². The van der Waals surface area contributed by atoms with Gasteiger partial charge in [-0.15, -0.1) is 12.4 Å². The van der Waals surface area contributed by atoms with E-state index in [4.69, 9.17) is 10.5 Å². The molecule has 5 nitrogen and oxygen atoms in total. The normalized spacial score (nSPS) is 19.4. The molecule has 2 aromatic carbocycles. The van der Waals surface area contributed by atoms with Crippen molar-refractivity contribution in [3.8, 4) is 5.75 Å². The lowest BCUT2D eigenvalue weighted by Gasteiger charge is -2.22. The van der Waals surface area contributed by atoms with Gasteiger partial charge in [0.1, 0.15) is 5.75 Å². The smallest absolute Gasteiger partial charge is 0.255 e. The number of carbonyl (C=O) groups excluding carboxylic acids is 1. The third-order valence-corrected chi connectivity index (χ3v) is 5.07. The summed E-state index contributed by atoms with van der Waals surface area (Å²) in [5, 5.41) is 2.97. The van der Waals surface area contributed by atoms with Gasteiger partial charge in [0.15, 0.2) is 0 Å². The fraction of sp³-hybridized carbons (Fsp3) is 0.381. The van der Waals surface area contributed by atoms with Crippen molar-refractivity contribution in [3.63, 3.8) is 0 Å². The summed E-state index contributed by atoms with van der Waals surface area (Å²) in [7, 11) is 1.61. The van der Waals surface area contributed by atoms with Gasteiger partial charge in [-0.1, -0.05) is 19.1 Å². The standard InChI is InChI=1S/C21H27N3O2.ClH/c1-21(14-22)10-11-24(15-21)13-16-4-3-5-18(12-16)23-20(25)17-6-8-19(26-2)9-7-17;/h3-9,12H,10-11,13-15,22H2,1-2H3,(H,23,25);1H. The number of methoxy groups -OCH3 is 1. The molecule has 1 saturated heterocycles. The van der Waals surface area contributed by atoms with Crippen LogP contribution in [0.3, 0.4) is 0 Å². The van der Waals surface area contributed by atoms with Crippen molar-refractivity contribution in [1.82, 2.24) is 4.90 Å². The second kappa shape index (κ2) is 9.22. The minimum Gasteiger partial charge on any atom is -0.497 e. The Kier molecular flexibility index (Phi) is 7.25. The molecule has 1 amide bonds. The molecule has 1 aliphatic heterocycles. The third-order valence-electron chi connectivity index (χ3n) is 5.07. The SMILES string of the molecule is COc1ccc(C(=O)Nc2cccc(CN3CCC(C)(CN)C3)c2)cc1.Cl. The van der Waals surface area contributed by atoms with E-state index >= 15 is 0 Å². The Morgan fingerprint density at radius 1 is 1.26 bits per heavy atom. The number of benzene rings is 2. The van der Waals surface area contributed by atoms with Gasteiger partial charge in [-0.3, -0.25) is 9.69 Å². The van der Waals surface area contributed by atoms with E-state index in [1.165, 1.54) is 5.56 Å². The van der Waals surface area contributed by atoms with Gasteiger partial charge >= 0.3 is 0 Å². The number of nitrogens with one attached hydrogen (secondary N) is 1. The summed E-state index contributed by atoms with van der Waals surface area (Å²) in [4.78, 5) is 14.8. The van der Waals surface area contributed by atoms with Crippen LogP contribution in [-0.4, -0.2) is 37.6 Å². The molecule has 6 heteroatoms. The number of ether oxygens (including phenoxy) is 1. The lowest BCUT2D eigenvalue weighted by molar-refractivity contribution is 0.102. The number of likely N-dealkylation sites (tertiary alicyclic amines) is 1. The molecule has 1 aliphatic rings. The topological polar surface area (TPSA) is 67.6 Å². The van der Waals surface area contributed by atoms with Crippen molar-refractivity contribution in [2.75, 3.05) is 32.1 Å². The van der Waals surface area contributed by atoms with Gasteiger partial charge in [0, 0.05) is 24.3 Å². The first-order valence-electron chi connectivity index (χ1n) is 8.98. The van der Waals surface area contributed by atoms with Crippen LogP contribution in [0.1, 0.15) is 29.3 Å². The number of amides is 1. The van der Waals surface area contributed by atoms with E-state index in [0.717, 1.165) is 44.0 Å². The first-order valence-corrected chi connectivity index (χ1v) is 8.98. The molecule has 0 radical (unpaired) electrons. The average Bonchev–Trinajstić information content (AvgIpc) is 3.03. The van der Waals surface area contributed by atoms with E-state index in [9.17, 15) is 4.79 Å². The van der Waals surface area contributed by atoms with E-state index in [2.05, 4.69) is 23.2 Å². The summed E-state index contributed by atoms with van der Waals surface area (Å²) in [6, 6.07) is 15.1. The molecule has 0 aromatic heterocycles. The van der Waals surface area contributed by atoms with Gasteiger partial charge in [0.2, 0.25) is 0 Å². The van der Waals surface area contributed by atoms with Crippen LogP contribution in [0.2, 0.25) is 0 Å². The molecule has 2 aromatic rings. The predicted molar refractivity (Wildman–Crippen MR) is 112 cm³/mol. The molecular weight excluding hydrogens is 362 g/mol. The first-order chi connectivity index (χ1) is 12.5. The maximum atomic E-state index is 12.4. The first kappa shape index (κ1) is 21.2. The largest absolute Gasteiger partial charge is 0.497 e. The van der Waals surface area contributed by atoms with E-state index in [1.54, 1.807) is 31.4 Å². The maximum absolute atomic E-state index is 12.4. The average molecular weight is 390 g/mol. The Morgan fingerprint density at radius 2 is 2.00 bits per heavy atom. The molecule has 1 atom stereocenters. The van der Waals surface area contributed by atoms with Crippen LogP contribution in [0, 0.1) is 5.41 Å². The van der Waals surface area contributed by atoms with Crippen LogP contribution < -0.4 is 15.8 Å². The minimum atomic E-state index is -0.123. The zero-order valence-electron chi connectivity index (χ0n) is 15.9. The molecule has 0 spiro atoms. The molecule has 0 bridgehead atoms. The van der Waals surface area contributed by atoms with Crippen LogP contribution >= 0.6 is 12.4 Å². The van der Waals surface area contributed by atoms with Gasteiger partial charge in [0.25, 0.3) is 5.91 Å².